The molecule has 1 aliphatic rings. The third-order valence-electron chi connectivity index (χ3n) is 2.67. The van der Waals surface area contributed by atoms with Gasteiger partial charge in [0, 0.05) is 5.92 Å². The molecule has 52 valence electrons. The summed E-state index contributed by atoms with van der Waals surface area (Å²) >= 11 is 0. The van der Waals surface area contributed by atoms with Gasteiger partial charge in [-0.1, -0.05) is 20.8 Å². The molecule has 1 aliphatic carbocycles. The quantitative estimate of drug-likeness (QED) is 0.555. The van der Waals surface area contributed by atoms with Crippen LogP contribution >= 0.6 is 0 Å². The first kappa shape index (κ1) is 6.59. The normalized spacial score (nSPS) is 38.1. The van der Waals surface area contributed by atoms with Crippen LogP contribution in [0.1, 0.15) is 20.8 Å². The summed E-state index contributed by atoms with van der Waals surface area (Å²) in [5, 5.41) is 0. The molecule has 0 radical (unpaired) electrons. The molecule has 0 aromatic rings. The van der Waals surface area contributed by atoms with E-state index in [0.717, 1.165) is 0 Å². The lowest BCUT2D eigenvalue weighted by atomic mass is 10.1. The molecule has 2 atom stereocenters. The molecule has 0 bridgehead atoms. The molecule has 0 aromatic heterocycles. The van der Waals surface area contributed by atoms with Gasteiger partial charge in [0.15, 0.2) is 0 Å². The van der Waals surface area contributed by atoms with E-state index in [1.807, 2.05) is 0 Å². The van der Waals surface area contributed by atoms with Gasteiger partial charge in [-0.25, -0.2) is 0 Å². The first-order valence-corrected chi connectivity index (χ1v) is 3.27. The van der Waals surface area contributed by atoms with Crippen LogP contribution in [0.4, 0.5) is 0 Å². The minimum Gasteiger partial charge on any atom is -0.369 e. The molecule has 2 N–H and O–H groups in total. The Morgan fingerprint density at radius 2 is 1.89 bits per heavy atom. The fraction of sp³-hybridized carbons (Fsp3) is 0.857. The fourth-order valence-corrected chi connectivity index (χ4v) is 1.51. The highest BCUT2D eigenvalue weighted by atomic mass is 16.1. The molecular weight excluding hydrogens is 114 g/mol. The van der Waals surface area contributed by atoms with Crippen molar-refractivity contribution >= 4 is 5.91 Å². The third-order valence-corrected chi connectivity index (χ3v) is 2.67. The number of rotatable bonds is 1. The van der Waals surface area contributed by atoms with Crippen molar-refractivity contribution in [3.05, 3.63) is 0 Å². The van der Waals surface area contributed by atoms with Crippen molar-refractivity contribution in [2.75, 3.05) is 0 Å². The summed E-state index contributed by atoms with van der Waals surface area (Å²) in [6.07, 6.45) is 0. The minimum atomic E-state index is -0.146. The fourth-order valence-electron chi connectivity index (χ4n) is 1.51. The molecule has 1 amide bonds. The first-order valence-electron chi connectivity index (χ1n) is 3.27. The predicted molar refractivity (Wildman–Crippen MR) is 35.6 cm³/mol. The van der Waals surface area contributed by atoms with Crippen molar-refractivity contribution in [1.82, 2.24) is 0 Å². The summed E-state index contributed by atoms with van der Waals surface area (Å²) in [6, 6.07) is 0. The minimum absolute atomic E-state index is 0.123. The zero-order chi connectivity index (χ0) is 7.23. The number of primary amides is 1. The number of carbonyl (C=O) groups excluding carboxylic acids is 1. The third kappa shape index (κ3) is 0.732. The molecule has 0 spiro atoms. The highest BCUT2D eigenvalue weighted by Gasteiger charge is 2.57. The van der Waals surface area contributed by atoms with E-state index in [9.17, 15) is 4.79 Å². The number of hydrogen-bond donors (Lipinski definition) is 1. The average Bonchev–Trinajstić information content (AvgIpc) is 2.07. The molecule has 0 aliphatic heterocycles. The van der Waals surface area contributed by atoms with Crippen molar-refractivity contribution in [3.63, 3.8) is 0 Å². The van der Waals surface area contributed by atoms with Crippen LogP contribution in [0.3, 0.4) is 0 Å². The molecule has 2 nitrogen and oxygen atoms in total. The molecule has 0 saturated heterocycles. The van der Waals surface area contributed by atoms with Gasteiger partial charge in [-0.3, -0.25) is 4.79 Å². The van der Waals surface area contributed by atoms with E-state index in [1.54, 1.807) is 0 Å². The zero-order valence-electron chi connectivity index (χ0n) is 6.14. The van der Waals surface area contributed by atoms with E-state index in [-0.39, 0.29) is 17.2 Å². The highest BCUT2D eigenvalue weighted by molar-refractivity contribution is 5.81. The number of amides is 1. The van der Waals surface area contributed by atoms with Crippen LogP contribution < -0.4 is 5.73 Å². The summed E-state index contributed by atoms with van der Waals surface area (Å²) in [5.41, 5.74) is 5.30. The second-order valence-electron chi connectivity index (χ2n) is 3.49. The Labute approximate surface area is 55.4 Å². The lowest BCUT2D eigenvalue weighted by molar-refractivity contribution is -0.120. The smallest absolute Gasteiger partial charge is 0.221 e. The largest absolute Gasteiger partial charge is 0.369 e. The predicted octanol–water partition coefficient (Wildman–Crippen LogP) is 0.764. The monoisotopic (exact) mass is 127 g/mol. The van der Waals surface area contributed by atoms with E-state index in [2.05, 4.69) is 20.8 Å². The Bertz CT molecular complexity index is 151. The zero-order valence-corrected chi connectivity index (χ0v) is 6.14. The lowest BCUT2D eigenvalue weighted by Gasteiger charge is -1.95. The Balaban J connectivity index is 2.62. The maximum atomic E-state index is 10.6. The van der Waals surface area contributed by atoms with Gasteiger partial charge in [-0.15, -0.1) is 0 Å². The van der Waals surface area contributed by atoms with E-state index in [4.69, 9.17) is 5.73 Å². The van der Waals surface area contributed by atoms with Crippen LogP contribution in [0.15, 0.2) is 0 Å². The van der Waals surface area contributed by atoms with E-state index >= 15 is 0 Å². The van der Waals surface area contributed by atoms with Gasteiger partial charge >= 0.3 is 0 Å². The number of carbonyl (C=O) groups is 1. The van der Waals surface area contributed by atoms with Crippen molar-refractivity contribution in [1.29, 1.82) is 0 Å². The standard InChI is InChI=1S/C7H13NO/c1-4-5(6(8)9)7(4,2)3/h4-5H,1-3H3,(H2,8,9). The number of hydrogen-bond acceptors (Lipinski definition) is 1. The maximum absolute atomic E-state index is 10.6. The molecule has 1 saturated carbocycles. The molecule has 0 aromatic carbocycles. The van der Waals surface area contributed by atoms with Crippen LogP contribution in [0.2, 0.25) is 0 Å². The van der Waals surface area contributed by atoms with Crippen molar-refractivity contribution in [2.45, 2.75) is 20.8 Å². The molecule has 1 fully saturated rings. The first-order chi connectivity index (χ1) is 3.98. The van der Waals surface area contributed by atoms with Gasteiger partial charge in [0.1, 0.15) is 0 Å². The van der Waals surface area contributed by atoms with Crippen LogP contribution in [0, 0.1) is 17.3 Å². The van der Waals surface area contributed by atoms with Gasteiger partial charge in [-0.05, 0) is 11.3 Å². The number of nitrogens with two attached hydrogens (primary N) is 1. The van der Waals surface area contributed by atoms with Gasteiger partial charge < -0.3 is 5.73 Å². The summed E-state index contributed by atoms with van der Waals surface area (Å²) < 4.78 is 0. The van der Waals surface area contributed by atoms with Crippen LogP contribution in [0.25, 0.3) is 0 Å². The Morgan fingerprint density at radius 3 is 1.89 bits per heavy atom. The second kappa shape index (κ2) is 1.49. The van der Waals surface area contributed by atoms with Crippen LogP contribution in [-0.2, 0) is 4.79 Å². The Kier molecular flexibility index (Phi) is 1.09. The molecule has 9 heavy (non-hydrogen) atoms. The van der Waals surface area contributed by atoms with E-state index < -0.39 is 0 Å². The van der Waals surface area contributed by atoms with Gasteiger partial charge in [0.2, 0.25) is 5.91 Å². The molecule has 0 heterocycles. The average molecular weight is 127 g/mol. The van der Waals surface area contributed by atoms with Crippen LogP contribution in [0.5, 0.6) is 0 Å². The lowest BCUT2D eigenvalue weighted by Crippen LogP contribution is -2.16. The van der Waals surface area contributed by atoms with Crippen LogP contribution in [-0.4, -0.2) is 5.91 Å². The Morgan fingerprint density at radius 1 is 1.56 bits per heavy atom. The second-order valence-corrected chi connectivity index (χ2v) is 3.49. The summed E-state index contributed by atoms with van der Waals surface area (Å²) in [6.45, 7) is 6.22. The Hall–Kier alpha value is -0.530. The molecular formula is C7H13NO. The SMILES string of the molecule is CC1C(C(N)=O)C1(C)C. The molecule has 1 rings (SSSR count). The summed E-state index contributed by atoms with van der Waals surface area (Å²) in [5.74, 6) is 0.458. The summed E-state index contributed by atoms with van der Waals surface area (Å²) in [7, 11) is 0. The molecule has 2 unspecified atom stereocenters. The topological polar surface area (TPSA) is 43.1 Å². The molecule has 2 heteroatoms. The maximum Gasteiger partial charge on any atom is 0.221 e. The van der Waals surface area contributed by atoms with Crippen molar-refractivity contribution in [3.8, 4) is 0 Å². The van der Waals surface area contributed by atoms with Gasteiger partial charge in [0.05, 0.1) is 0 Å². The van der Waals surface area contributed by atoms with E-state index in [0.29, 0.717) is 5.92 Å². The summed E-state index contributed by atoms with van der Waals surface area (Å²) in [4.78, 5) is 10.6. The van der Waals surface area contributed by atoms with Crippen molar-refractivity contribution < 1.29 is 4.79 Å². The van der Waals surface area contributed by atoms with Gasteiger partial charge in [0.25, 0.3) is 0 Å². The highest BCUT2D eigenvalue weighted by Crippen LogP contribution is 2.57. The van der Waals surface area contributed by atoms with Gasteiger partial charge in [-0.2, -0.15) is 0 Å². The van der Waals surface area contributed by atoms with E-state index in [1.165, 1.54) is 0 Å². The van der Waals surface area contributed by atoms with Crippen molar-refractivity contribution in [2.24, 2.45) is 23.0 Å².